The van der Waals surface area contributed by atoms with Crippen LogP contribution in [0.25, 0.3) is 16.8 Å². The fourth-order valence-corrected chi connectivity index (χ4v) is 3.32. The van der Waals surface area contributed by atoms with Gasteiger partial charge in [0.15, 0.2) is 12.4 Å². The highest BCUT2D eigenvalue weighted by Gasteiger charge is 2.41. The molecule has 3 N–H and O–H groups in total. The Morgan fingerprint density at radius 3 is 2.38 bits per heavy atom. The van der Waals surface area contributed by atoms with Crippen molar-refractivity contribution in [2.45, 2.75) is 12.4 Å². The summed E-state index contributed by atoms with van der Waals surface area (Å²) in [5, 5.41) is 2.24. The Morgan fingerprint density at radius 2 is 1.72 bits per heavy atom. The maximum atomic E-state index is 13.3. The van der Waals surface area contributed by atoms with Gasteiger partial charge >= 0.3 is 18.3 Å². The molecule has 200 valence electrons. The molecule has 0 radical (unpaired) electrons. The average Bonchev–Trinajstić information content (AvgIpc) is 3.21. The van der Waals surface area contributed by atoms with Gasteiger partial charge in [0.05, 0.1) is 5.56 Å². The van der Waals surface area contributed by atoms with Crippen LogP contribution in [0, 0.1) is 11.8 Å². The van der Waals surface area contributed by atoms with Gasteiger partial charge in [0.25, 0.3) is 5.91 Å². The Morgan fingerprint density at radius 1 is 1.00 bits per heavy atom. The number of ether oxygens (including phenoxy) is 1. The van der Waals surface area contributed by atoms with Gasteiger partial charge in [-0.3, -0.25) is 9.20 Å². The van der Waals surface area contributed by atoms with Crippen molar-refractivity contribution < 1.29 is 40.7 Å². The number of rotatable bonds is 4. The number of esters is 1. The summed E-state index contributed by atoms with van der Waals surface area (Å²) < 4.78 is 82.4. The number of carbonyl (C=O) groups is 2. The lowest BCUT2D eigenvalue weighted by Gasteiger charge is -2.11. The molecule has 8 nitrogen and oxygen atoms in total. The van der Waals surface area contributed by atoms with Crippen LogP contribution in [0.3, 0.4) is 0 Å². The zero-order valence-corrected chi connectivity index (χ0v) is 19.4. The normalized spacial score (nSPS) is 11.5. The largest absolute Gasteiger partial charge is 0.490 e. The van der Waals surface area contributed by atoms with Crippen molar-refractivity contribution in [1.29, 1.82) is 0 Å². The quantitative estimate of drug-likeness (QED) is 0.222. The summed E-state index contributed by atoms with van der Waals surface area (Å²) in [5.74, 6) is 1.10. The maximum Gasteiger partial charge on any atom is 0.490 e. The van der Waals surface area contributed by atoms with E-state index in [4.69, 9.17) is 5.73 Å². The molecule has 0 saturated carbocycles. The second-order valence-electron chi connectivity index (χ2n) is 7.85. The highest BCUT2D eigenvalue weighted by molar-refractivity contribution is 5.93. The number of hydrogen-bond donors (Lipinski definition) is 2. The van der Waals surface area contributed by atoms with Gasteiger partial charge in [0.2, 0.25) is 0 Å². The van der Waals surface area contributed by atoms with Crippen molar-refractivity contribution in [3.05, 3.63) is 77.7 Å². The topological polar surface area (TPSA) is 112 Å². The Labute approximate surface area is 215 Å². The van der Waals surface area contributed by atoms with Crippen LogP contribution in [0.4, 0.5) is 38.0 Å². The van der Waals surface area contributed by atoms with Crippen molar-refractivity contribution in [2.24, 2.45) is 0 Å². The number of aromatic nitrogens is 3. The number of carbonyl (C=O) groups excluding carboxylic acids is 2. The third-order valence-electron chi connectivity index (χ3n) is 5.10. The number of nitrogens with two attached hydrogens (primary N) is 1. The molecule has 39 heavy (non-hydrogen) atoms. The number of nitrogen functional groups attached to an aromatic ring is 1. The van der Waals surface area contributed by atoms with Crippen molar-refractivity contribution in [2.75, 3.05) is 17.7 Å². The minimum Gasteiger partial charge on any atom is -0.449 e. The smallest absolute Gasteiger partial charge is 0.449 e. The molecule has 1 aromatic carbocycles. The highest BCUT2D eigenvalue weighted by Crippen LogP contribution is 2.35. The van der Waals surface area contributed by atoms with Gasteiger partial charge in [0.1, 0.15) is 17.2 Å². The molecule has 0 aliphatic rings. The Hall–Kier alpha value is -5.06. The van der Waals surface area contributed by atoms with Gasteiger partial charge in [-0.05, 0) is 36.3 Å². The lowest BCUT2D eigenvalue weighted by Crippen LogP contribution is -2.29. The van der Waals surface area contributed by atoms with E-state index >= 15 is 0 Å². The molecule has 0 aliphatic carbocycles. The molecule has 4 rings (SSSR count). The molecule has 0 spiro atoms. The number of fused-ring (bicyclic) bond motifs is 1. The van der Waals surface area contributed by atoms with Gasteiger partial charge < -0.3 is 15.8 Å². The molecule has 0 saturated heterocycles. The Balaban J connectivity index is 1.75. The first-order valence-corrected chi connectivity index (χ1v) is 10.8. The van der Waals surface area contributed by atoms with Gasteiger partial charge in [-0.1, -0.05) is 24.1 Å². The summed E-state index contributed by atoms with van der Waals surface area (Å²) in [7, 11) is 0. The summed E-state index contributed by atoms with van der Waals surface area (Å²) in [4.78, 5) is 31.0. The minimum atomic E-state index is -5.28. The molecule has 3 aromatic heterocycles. The van der Waals surface area contributed by atoms with Gasteiger partial charge in [-0.15, -0.1) is 0 Å². The van der Waals surface area contributed by atoms with Crippen LogP contribution in [0.15, 0.2) is 60.9 Å². The summed E-state index contributed by atoms with van der Waals surface area (Å²) >= 11 is 0. The number of nitrogens with zero attached hydrogens (tertiary/aromatic N) is 3. The molecule has 4 aromatic rings. The van der Waals surface area contributed by atoms with Crippen LogP contribution in [-0.2, 0) is 20.5 Å². The lowest BCUT2D eigenvalue weighted by molar-refractivity contribution is -0.199. The third-order valence-corrected chi connectivity index (χ3v) is 5.10. The van der Waals surface area contributed by atoms with Crippen molar-refractivity contribution in [3.8, 4) is 23.0 Å². The van der Waals surface area contributed by atoms with E-state index in [-0.39, 0.29) is 28.3 Å². The van der Waals surface area contributed by atoms with Crippen LogP contribution in [0.5, 0.6) is 0 Å². The van der Waals surface area contributed by atoms with E-state index in [1.165, 1.54) is 22.7 Å². The maximum absolute atomic E-state index is 13.3. The molecule has 3 heterocycles. The standard InChI is InChI=1S/C25H15F6N5O3/c26-24(27,28)17-10-16(11-33-21(17)32)15-7-9-19-34-22(35-20(37)13-39-23(38)25(29,30)31)18(36(19)12-15)8-6-14-4-2-1-3-5-14/h1-5,7,9-12H,13H2,(H2,32,33)(H,35,37). The first kappa shape index (κ1) is 27.0. The first-order valence-electron chi connectivity index (χ1n) is 10.8. The van der Waals surface area contributed by atoms with E-state index in [9.17, 15) is 35.9 Å². The summed E-state index contributed by atoms with van der Waals surface area (Å²) in [6.07, 6.45) is -7.49. The minimum absolute atomic E-state index is 0.0469. The predicted octanol–water partition coefficient (Wildman–Crippen LogP) is 4.44. The van der Waals surface area contributed by atoms with Crippen LogP contribution in [0.2, 0.25) is 0 Å². The number of amides is 1. The number of alkyl halides is 6. The van der Waals surface area contributed by atoms with E-state index < -0.39 is 42.2 Å². The number of imidazole rings is 1. The van der Waals surface area contributed by atoms with E-state index in [2.05, 4.69) is 31.9 Å². The van der Waals surface area contributed by atoms with E-state index in [1.54, 1.807) is 30.3 Å². The summed E-state index contributed by atoms with van der Waals surface area (Å²) in [6, 6.07) is 12.3. The van der Waals surface area contributed by atoms with E-state index in [1.807, 2.05) is 0 Å². The van der Waals surface area contributed by atoms with Crippen molar-refractivity contribution in [1.82, 2.24) is 14.4 Å². The molecule has 0 fully saturated rings. The molecule has 0 bridgehead atoms. The molecular weight excluding hydrogens is 532 g/mol. The first-order chi connectivity index (χ1) is 18.3. The zero-order valence-electron chi connectivity index (χ0n) is 19.4. The predicted molar refractivity (Wildman–Crippen MR) is 126 cm³/mol. The van der Waals surface area contributed by atoms with Crippen LogP contribution >= 0.6 is 0 Å². The third kappa shape index (κ3) is 6.27. The molecule has 1 amide bonds. The number of halogens is 6. The van der Waals surface area contributed by atoms with E-state index in [0.717, 1.165) is 12.3 Å². The van der Waals surface area contributed by atoms with Crippen molar-refractivity contribution >= 4 is 29.2 Å². The van der Waals surface area contributed by atoms with Gasteiger partial charge in [-0.25, -0.2) is 14.8 Å². The number of hydrogen-bond acceptors (Lipinski definition) is 6. The van der Waals surface area contributed by atoms with E-state index in [0.29, 0.717) is 5.56 Å². The number of pyridine rings is 2. The molecule has 0 aliphatic heterocycles. The average molecular weight is 547 g/mol. The van der Waals surface area contributed by atoms with Crippen LogP contribution < -0.4 is 11.1 Å². The number of benzene rings is 1. The highest BCUT2D eigenvalue weighted by atomic mass is 19.4. The second-order valence-corrected chi connectivity index (χ2v) is 7.85. The van der Waals surface area contributed by atoms with Gasteiger partial charge in [0, 0.05) is 29.1 Å². The summed E-state index contributed by atoms with van der Waals surface area (Å²) in [6.45, 7) is -1.25. The second kappa shape index (κ2) is 10.4. The lowest BCUT2D eigenvalue weighted by atomic mass is 10.1. The number of nitrogens with one attached hydrogen (secondary N) is 1. The molecule has 14 heteroatoms. The molecular formula is C25H15F6N5O3. The fraction of sp³-hybridized carbons (Fsp3) is 0.120. The Bertz CT molecular complexity index is 1620. The zero-order chi connectivity index (χ0) is 28.4. The van der Waals surface area contributed by atoms with Gasteiger partial charge in [-0.2, -0.15) is 26.3 Å². The van der Waals surface area contributed by atoms with Crippen LogP contribution in [-0.4, -0.2) is 39.0 Å². The Kier molecular flexibility index (Phi) is 7.17. The molecule has 0 atom stereocenters. The summed E-state index contributed by atoms with van der Waals surface area (Å²) in [5.41, 5.74) is 5.39. The molecule has 0 unspecified atom stereocenters. The SMILES string of the molecule is Nc1ncc(-c2ccc3nc(NC(=O)COC(=O)C(F)(F)F)c(C#Cc4ccccc4)n3c2)cc1C(F)(F)F. The number of anilines is 2. The van der Waals surface area contributed by atoms with Crippen molar-refractivity contribution in [3.63, 3.8) is 0 Å². The fourth-order valence-electron chi connectivity index (χ4n) is 3.32. The monoisotopic (exact) mass is 547 g/mol. The van der Waals surface area contributed by atoms with Crippen LogP contribution in [0.1, 0.15) is 16.8 Å².